The van der Waals surface area contributed by atoms with Gasteiger partial charge in [-0.3, -0.25) is 4.79 Å². The number of amides is 1. The smallest absolute Gasteiger partial charge is 0.340 e. The van der Waals surface area contributed by atoms with Crippen molar-refractivity contribution in [3.05, 3.63) is 22.5 Å². The second kappa shape index (κ2) is 5.69. The number of nitrogens with zero attached hydrogens (tertiary/aromatic N) is 1. The van der Waals surface area contributed by atoms with Gasteiger partial charge in [-0.25, -0.2) is 4.79 Å². The zero-order chi connectivity index (χ0) is 14.9. The van der Waals surface area contributed by atoms with E-state index < -0.39 is 0 Å². The summed E-state index contributed by atoms with van der Waals surface area (Å²) in [4.78, 5) is 29.4. The fraction of sp³-hybridized carbons (Fsp3) is 0.600. The highest BCUT2D eigenvalue weighted by atomic mass is 16.5. The lowest BCUT2D eigenvalue weighted by Crippen LogP contribution is -2.33. The topological polar surface area (TPSA) is 62.4 Å². The van der Waals surface area contributed by atoms with Crippen LogP contribution in [0, 0.1) is 13.8 Å². The summed E-state index contributed by atoms with van der Waals surface area (Å²) in [6, 6.07) is 0.363. The molecule has 1 aromatic heterocycles. The minimum absolute atomic E-state index is 0.0221. The number of aromatic amines is 1. The standard InChI is InChI=1S/C15H22N2O3/c1-5-17(11-7-8-11)14(18)13-9(3)12(10(4)16-13)15(19)20-6-2/h11,16H,5-8H2,1-4H3. The van der Waals surface area contributed by atoms with Crippen molar-refractivity contribution < 1.29 is 14.3 Å². The summed E-state index contributed by atoms with van der Waals surface area (Å²) in [5.74, 6) is -0.390. The molecule has 5 heteroatoms. The Kier molecular flexibility index (Phi) is 4.16. The molecule has 5 nitrogen and oxygen atoms in total. The number of ether oxygens (including phenoxy) is 1. The number of H-pyrrole nitrogens is 1. The van der Waals surface area contributed by atoms with Crippen LogP contribution in [0.4, 0.5) is 0 Å². The van der Waals surface area contributed by atoms with Crippen molar-refractivity contribution in [1.29, 1.82) is 0 Å². The average molecular weight is 278 g/mol. The van der Waals surface area contributed by atoms with E-state index in [2.05, 4.69) is 4.98 Å². The van der Waals surface area contributed by atoms with Gasteiger partial charge in [-0.15, -0.1) is 0 Å². The van der Waals surface area contributed by atoms with Gasteiger partial charge in [0.25, 0.3) is 5.91 Å². The molecule has 2 rings (SSSR count). The quantitative estimate of drug-likeness (QED) is 0.841. The van der Waals surface area contributed by atoms with E-state index in [1.54, 1.807) is 20.8 Å². The Morgan fingerprint density at radius 2 is 1.95 bits per heavy atom. The Morgan fingerprint density at radius 3 is 2.45 bits per heavy atom. The van der Waals surface area contributed by atoms with Crippen LogP contribution in [0.3, 0.4) is 0 Å². The predicted octanol–water partition coefficient (Wildman–Crippen LogP) is 2.43. The summed E-state index contributed by atoms with van der Waals surface area (Å²) in [6.45, 7) is 8.36. The van der Waals surface area contributed by atoms with Gasteiger partial charge in [0.15, 0.2) is 0 Å². The molecular formula is C15H22N2O3. The van der Waals surface area contributed by atoms with Crippen LogP contribution >= 0.6 is 0 Å². The molecule has 110 valence electrons. The van der Waals surface area contributed by atoms with Gasteiger partial charge >= 0.3 is 5.97 Å². The van der Waals surface area contributed by atoms with Gasteiger partial charge in [-0.1, -0.05) is 0 Å². The summed E-state index contributed by atoms with van der Waals surface area (Å²) in [7, 11) is 0. The molecule has 1 aliphatic rings. The van der Waals surface area contributed by atoms with E-state index in [0.717, 1.165) is 12.8 Å². The van der Waals surface area contributed by atoms with Crippen LogP contribution in [0.2, 0.25) is 0 Å². The van der Waals surface area contributed by atoms with Crippen LogP contribution in [0.5, 0.6) is 0 Å². The van der Waals surface area contributed by atoms with Gasteiger partial charge < -0.3 is 14.6 Å². The zero-order valence-electron chi connectivity index (χ0n) is 12.6. The molecule has 20 heavy (non-hydrogen) atoms. The first kappa shape index (κ1) is 14.6. The maximum Gasteiger partial charge on any atom is 0.340 e. The molecule has 0 atom stereocenters. The number of esters is 1. The Hall–Kier alpha value is -1.78. The van der Waals surface area contributed by atoms with Crippen molar-refractivity contribution in [3.63, 3.8) is 0 Å². The highest BCUT2D eigenvalue weighted by Gasteiger charge is 2.34. The van der Waals surface area contributed by atoms with Gasteiger partial charge in [-0.05, 0) is 46.1 Å². The van der Waals surface area contributed by atoms with E-state index in [4.69, 9.17) is 4.74 Å². The number of aryl methyl sites for hydroxylation is 1. The molecule has 0 spiro atoms. The first-order chi connectivity index (χ1) is 9.51. The molecule has 1 fully saturated rings. The highest BCUT2D eigenvalue weighted by molar-refractivity contribution is 6.00. The first-order valence-corrected chi connectivity index (χ1v) is 7.18. The van der Waals surface area contributed by atoms with Crippen LogP contribution < -0.4 is 0 Å². The number of aromatic nitrogens is 1. The monoisotopic (exact) mass is 278 g/mol. The molecule has 1 heterocycles. The Morgan fingerprint density at radius 1 is 1.30 bits per heavy atom. The van der Waals surface area contributed by atoms with Crippen molar-refractivity contribution in [2.24, 2.45) is 0 Å². The lowest BCUT2D eigenvalue weighted by atomic mass is 10.1. The van der Waals surface area contributed by atoms with Crippen LogP contribution in [-0.2, 0) is 4.74 Å². The van der Waals surface area contributed by atoms with Crippen molar-refractivity contribution in [2.75, 3.05) is 13.2 Å². The van der Waals surface area contributed by atoms with Crippen LogP contribution in [0.25, 0.3) is 0 Å². The molecule has 1 aromatic rings. The molecule has 1 amide bonds. The second-order valence-corrected chi connectivity index (χ2v) is 5.17. The van der Waals surface area contributed by atoms with Crippen molar-refractivity contribution in [2.45, 2.75) is 46.6 Å². The maximum absolute atomic E-state index is 12.6. The van der Waals surface area contributed by atoms with Crippen molar-refractivity contribution in [3.8, 4) is 0 Å². The molecular weight excluding hydrogens is 256 g/mol. The van der Waals surface area contributed by atoms with Gasteiger partial charge in [-0.2, -0.15) is 0 Å². The highest BCUT2D eigenvalue weighted by Crippen LogP contribution is 2.29. The first-order valence-electron chi connectivity index (χ1n) is 7.18. The van der Waals surface area contributed by atoms with Crippen LogP contribution in [-0.4, -0.2) is 41.0 Å². The number of nitrogens with one attached hydrogen (secondary N) is 1. The summed E-state index contributed by atoms with van der Waals surface area (Å²) >= 11 is 0. The second-order valence-electron chi connectivity index (χ2n) is 5.17. The summed E-state index contributed by atoms with van der Waals surface area (Å²) in [6.07, 6.45) is 2.14. The normalized spacial score (nSPS) is 14.2. The zero-order valence-corrected chi connectivity index (χ0v) is 12.6. The SMILES string of the molecule is CCOC(=O)c1c(C)[nH]c(C(=O)N(CC)C2CC2)c1C. The number of hydrogen-bond acceptors (Lipinski definition) is 3. The molecule has 0 aromatic carbocycles. The lowest BCUT2D eigenvalue weighted by Gasteiger charge is -2.20. The van der Waals surface area contributed by atoms with Crippen molar-refractivity contribution >= 4 is 11.9 Å². The Balaban J connectivity index is 2.31. The Bertz CT molecular complexity index is 529. The molecule has 0 bridgehead atoms. The molecule has 1 aliphatic carbocycles. The predicted molar refractivity (Wildman–Crippen MR) is 76.0 cm³/mol. The summed E-state index contributed by atoms with van der Waals surface area (Å²) in [5, 5.41) is 0. The van der Waals surface area contributed by atoms with Crippen LogP contribution in [0.15, 0.2) is 0 Å². The van der Waals surface area contributed by atoms with E-state index in [1.807, 2.05) is 11.8 Å². The molecule has 0 radical (unpaired) electrons. The number of carbonyl (C=O) groups is 2. The summed E-state index contributed by atoms with van der Waals surface area (Å²) < 4.78 is 5.05. The lowest BCUT2D eigenvalue weighted by molar-refractivity contribution is 0.0525. The van der Waals surface area contributed by atoms with Gasteiger partial charge in [0.05, 0.1) is 12.2 Å². The van der Waals surface area contributed by atoms with Crippen molar-refractivity contribution in [1.82, 2.24) is 9.88 Å². The van der Waals surface area contributed by atoms with Gasteiger partial charge in [0.1, 0.15) is 5.69 Å². The molecule has 0 unspecified atom stereocenters. The van der Waals surface area contributed by atoms with Crippen LogP contribution in [0.1, 0.15) is 58.8 Å². The Labute approximate surface area is 119 Å². The van der Waals surface area contributed by atoms with E-state index in [1.165, 1.54) is 0 Å². The molecule has 1 saturated carbocycles. The van der Waals surface area contributed by atoms with E-state index in [9.17, 15) is 9.59 Å². The third kappa shape index (κ3) is 2.57. The number of hydrogen-bond donors (Lipinski definition) is 1. The molecule has 0 saturated heterocycles. The maximum atomic E-state index is 12.6. The van der Waals surface area contributed by atoms with E-state index in [0.29, 0.717) is 41.7 Å². The summed E-state index contributed by atoms with van der Waals surface area (Å²) in [5.41, 5.74) is 2.38. The number of carbonyl (C=O) groups excluding carboxylic acids is 2. The van der Waals surface area contributed by atoms with Gasteiger partial charge in [0, 0.05) is 18.3 Å². The fourth-order valence-corrected chi connectivity index (χ4v) is 2.57. The van der Waals surface area contributed by atoms with E-state index in [-0.39, 0.29) is 11.9 Å². The van der Waals surface area contributed by atoms with E-state index >= 15 is 0 Å². The minimum Gasteiger partial charge on any atom is -0.462 e. The molecule has 0 aliphatic heterocycles. The number of rotatable bonds is 5. The fourth-order valence-electron chi connectivity index (χ4n) is 2.57. The van der Waals surface area contributed by atoms with Gasteiger partial charge in [0.2, 0.25) is 0 Å². The largest absolute Gasteiger partial charge is 0.462 e. The molecule has 1 N–H and O–H groups in total. The minimum atomic E-state index is -0.368. The third-order valence-electron chi connectivity index (χ3n) is 3.72. The third-order valence-corrected chi connectivity index (χ3v) is 3.72. The average Bonchev–Trinajstić information content (AvgIpc) is 3.17.